The van der Waals surface area contributed by atoms with E-state index in [9.17, 15) is 14.0 Å². The number of benzene rings is 1. The van der Waals surface area contributed by atoms with Gasteiger partial charge < -0.3 is 9.80 Å². The van der Waals surface area contributed by atoms with Crippen LogP contribution in [-0.4, -0.2) is 45.7 Å². The van der Waals surface area contributed by atoms with Gasteiger partial charge in [0.2, 0.25) is 5.91 Å². The average molecular weight is 383 g/mol. The summed E-state index contributed by atoms with van der Waals surface area (Å²) in [5.74, 6) is -0.422. The molecule has 5 nitrogen and oxygen atoms in total. The van der Waals surface area contributed by atoms with Crippen LogP contribution in [0.3, 0.4) is 0 Å². The molecule has 6 heteroatoms. The molecule has 0 spiro atoms. The number of amides is 2. The number of hydrogen-bond donors (Lipinski definition) is 0. The van der Waals surface area contributed by atoms with Crippen molar-refractivity contribution in [2.75, 3.05) is 13.1 Å². The quantitative estimate of drug-likeness (QED) is 0.794. The Balaban J connectivity index is 1.60. The molecule has 28 heavy (non-hydrogen) atoms. The number of hydrogen-bond acceptors (Lipinski definition) is 3. The summed E-state index contributed by atoms with van der Waals surface area (Å²) in [6.07, 6.45) is 4.79. The first-order chi connectivity index (χ1) is 13.5. The van der Waals surface area contributed by atoms with Crippen LogP contribution in [-0.2, 0) is 11.3 Å². The van der Waals surface area contributed by atoms with Gasteiger partial charge in [-0.1, -0.05) is 6.07 Å². The highest BCUT2D eigenvalue weighted by Crippen LogP contribution is 2.23. The van der Waals surface area contributed by atoms with Crippen molar-refractivity contribution >= 4 is 11.8 Å². The van der Waals surface area contributed by atoms with Crippen molar-refractivity contribution in [1.29, 1.82) is 0 Å². The maximum absolute atomic E-state index is 13.1. The predicted molar refractivity (Wildman–Crippen MR) is 105 cm³/mol. The van der Waals surface area contributed by atoms with Crippen molar-refractivity contribution in [3.8, 4) is 0 Å². The lowest BCUT2D eigenvalue weighted by Gasteiger charge is -2.36. The van der Waals surface area contributed by atoms with Gasteiger partial charge in [-0.15, -0.1) is 0 Å². The Bertz CT molecular complexity index is 800. The van der Waals surface area contributed by atoms with Crippen LogP contribution in [0.1, 0.15) is 42.6 Å². The largest absolute Gasteiger partial charge is 0.339 e. The molecule has 1 saturated heterocycles. The van der Waals surface area contributed by atoms with Crippen LogP contribution in [0.2, 0.25) is 0 Å². The fourth-order valence-electron chi connectivity index (χ4n) is 3.54. The first kappa shape index (κ1) is 20.0. The van der Waals surface area contributed by atoms with Crippen molar-refractivity contribution in [3.63, 3.8) is 0 Å². The summed E-state index contributed by atoms with van der Waals surface area (Å²) in [5.41, 5.74) is 1.49. The minimum atomic E-state index is -0.358. The molecule has 1 aliphatic rings. The second-order valence-corrected chi connectivity index (χ2v) is 7.49. The predicted octanol–water partition coefficient (Wildman–Crippen LogP) is 3.51. The fraction of sp³-hybridized carbons (Fsp3) is 0.409. The van der Waals surface area contributed by atoms with Crippen molar-refractivity contribution in [3.05, 3.63) is 65.7 Å². The average Bonchev–Trinajstić information content (AvgIpc) is 2.72. The minimum absolute atomic E-state index is 0.0867. The summed E-state index contributed by atoms with van der Waals surface area (Å²) >= 11 is 0. The summed E-state index contributed by atoms with van der Waals surface area (Å²) < 4.78 is 13.1. The van der Waals surface area contributed by atoms with E-state index in [1.807, 2.05) is 30.9 Å². The number of nitrogens with zero attached hydrogens (tertiary/aromatic N) is 3. The van der Waals surface area contributed by atoms with E-state index in [4.69, 9.17) is 0 Å². The van der Waals surface area contributed by atoms with E-state index in [1.54, 1.807) is 17.3 Å². The third-order valence-electron chi connectivity index (χ3n) is 5.20. The SMILES string of the molecule is CC(C)N(Cc1cccnc1)C(=O)C1CCN(C(=O)c2ccc(F)cc2)CC1. The molecule has 3 rings (SSSR count). The van der Waals surface area contributed by atoms with Crippen LogP contribution in [0.5, 0.6) is 0 Å². The molecule has 0 bridgehead atoms. The number of pyridine rings is 1. The van der Waals surface area contributed by atoms with Gasteiger partial charge >= 0.3 is 0 Å². The highest BCUT2D eigenvalue weighted by molar-refractivity contribution is 5.94. The van der Waals surface area contributed by atoms with Crippen molar-refractivity contribution in [2.45, 2.75) is 39.3 Å². The van der Waals surface area contributed by atoms with Crippen LogP contribution < -0.4 is 0 Å². The second-order valence-electron chi connectivity index (χ2n) is 7.49. The maximum atomic E-state index is 13.1. The van der Waals surface area contributed by atoms with Crippen LogP contribution in [0.25, 0.3) is 0 Å². The van der Waals surface area contributed by atoms with Gasteiger partial charge in [0, 0.05) is 49.6 Å². The number of carbonyl (C=O) groups excluding carboxylic acids is 2. The van der Waals surface area contributed by atoms with Crippen molar-refractivity contribution in [1.82, 2.24) is 14.8 Å². The van der Waals surface area contributed by atoms with Crippen LogP contribution in [0, 0.1) is 11.7 Å². The molecule has 148 valence electrons. The lowest BCUT2D eigenvalue weighted by atomic mass is 9.94. The number of aromatic nitrogens is 1. The molecule has 0 aliphatic carbocycles. The zero-order valence-corrected chi connectivity index (χ0v) is 16.3. The lowest BCUT2D eigenvalue weighted by molar-refractivity contribution is -0.139. The molecule has 0 radical (unpaired) electrons. The molecule has 0 N–H and O–H groups in total. The summed E-state index contributed by atoms with van der Waals surface area (Å²) in [6, 6.07) is 9.53. The van der Waals surface area contributed by atoms with Crippen LogP contribution in [0.15, 0.2) is 48.8 Å². The Hall–Kier alpha value is -2.76. The fourth-order valence-corrected chi connectivity index (χ4v) is 3.54. The Labute approximate surface area is 165 Å². The van der Waals surface area contributed by atoms with Gasteiger partial charge in [-0.2, -0.15) is 0 Å². The lowest BCUT2D eigenvalue weighted by Crippen LogP contribution is -2.46. The molecule has 2 aromatic rings. The van der Waals surface area contributed by atoms with E-state index in [-0.39, 0.29) is 29.6 Å². The standard InChI is InChI=1S/C22H26FN3O2/c1-16(2)26(15-17-4-3-11-24-14-17)22(28)19-9-12-25(13-10-19)21(27)18-5-7-20(23)8-6-18/h3-8,11,14,16,19H,9-10,12-13,15H2,1-2H3. The number of likely N-dealkylation sites (tertiary alicyclic amines) is 1. The highest BCUT2D eigenvalue weighted by atomic mass is 19.1. The highest BCUT2D eigenvalue weighted by Gasteiger charge is 2.31. The summed E-state index contributed by atoms with van der Waals surface area (Å²) in [4.78, 5) is 33.4. The normalized spacial score (nSPS) is 14.9. The zero-order valence-electron chi connectivity index (χ0n) is 16.3. The molecular weight excluding hydrogens is 357 g/mol. The van der Waals surface area contributed by atoms with E-state index in [0.717, 1.165) is 5.56 Å². The molecule has 1 fully saturated rings. The van der Waals surface area contributed by atoms with Crippen LogP contribution >= 0.6 is 0 Å². The monoisotopic (exact) mass is 383 g/mol. The first-order valence-corrected chi connectivity index (χ1v) is 9.70. The second kappa shape index (κ2) is 8.95. The van der Waals surface area contributed by atoms with Crippen molar-refractivity contribution < 1.29 is 14.0 Å². The van der Waals surface area contributed by atoms with E-state index in [0.29, 0.717) is 38.0 Å². The van der Waals surface area contributed by atoms with E-state index >= 15 is 0 Å². The molecule has 2 heterocycles. The minimum Gasteiger partial charge on any atom is -0.339 e. The smallest absolute Gasteiger partial charge is 0.253 e. The van der Waals surface area contributed by atoms with E-state index < -0.39 is 0 Å². The van der Waals surface area contributed by atoms with Gasteiger partial charge in [-0.05, 0) is 62.6 Å². The molecule has 2 amide bonds. The number of carbonyl (C=O) groups is 2. The number of halogens is 1. The summed E-state index contributed by atoms with van der Waals surface area (Å²) in [5, 5.41) is 0. The molecular formula is C22H26FN3O2. The Kier molecular flexibility index (Phi) is 6.39. The van der Waals surface area contributed by atoms with Gasteiger partial charge in [-0.25, -0.2) is 4.39 Å². The molecule has 1 aromatic carbocycles. The summed E-state index contributed by atoms with van der Waals surface area (Å²) in [7, 11) is 0. The Morgan fingerprint density at radius 3 is 2.43 bits per heavy atom. The number of piperidine rings is 1. The van der Waals surface area contributed by atoms with Crippen LogP contribution in [0.4, 0.5) is 4.39 Å². The maximum Gasteiger partial charge on any atom is 0.253 e. The van der Waals surface area contributed by atoms with Gasteiger partial charge in [0.25, 0.3) is 5.91 Å². The third-order valence-corrected chi connectivity index (χ3v) is 5.20. The van der Waals surface area contributed by atoms with Gasteiger partial charge in [-0.3, -0.25) is 14.6 Å². The Morgan fingerprint density at radius 2 is 1.86 bits per heavy atom. The molecule has 0 saturated carbocycles. The van der Waals surface area contributed by atoms with E-state index in [1.165, 1.54) is 24.3 Å². The molecule has 1 aromatic heterocycles. The Morgan fingerprint density at radius 1 is 1.18 bits per heavy atom. The van der Waals surface area contributed by atoms with Gasteiger partial charge in [0.1, 0.15) is 5.82 Å². The van der Waals surface area contributed by atoms with Gasteiger partial charge in [0.15, 0.2) is 0 Å². The number of rotatable bonds is 5. The molecule has 1 aliphatic heterocycles. The molecule has 0 unspecified atom stereocenters. The van der Waals surface area contributed by atoms with E-state index in [2.05, 4.69) is 4.98 Å². The summed E-state index contributed by atoms with van der Waals surface area (Å²) in [6.45, 7) is 5.64. The first-order valence-electron chi connectivity index (χ1n) is 9.70. The molecule has 0 atom stereocenters. The third kappa shape index (κ3) is 4.74. The zero-order chi connectivity index (χ0) is 20.1. The van der Waals surface area contributed by atoms with Gasteiger partial charge in [0.05, 0.1) is 0 Å². The van der Waals surface area contributed by atoms with Crippen molar-refractivity contribution in [2.24, 2.45) is 5.92 Å². The topological polar surface area (TPSA) is 53.5 Å².